The van der Waals surface area contributed by atoms with Crippen molar-refractivity contribution in [2.24, 2.45) is 0 Å². The van der Waals surface area contributed by atoms with Gasteiger partial charge < -0.3 is 9.88 Å². The highest BCUT2D eigenvalue weighted by Gasteiger charge is 2.13. The molecule has 0 saturated heterocycles. The van der Waals surface area contributed by atoms with E-state index in [-0.39, 0.29) is 0 Å². The molecule has 20 heavy (non-hydrogen) atoms. The standard InChI is InChI=1S/C16H25N3S/c1-3-7-17-14(12-15-6-5-11-20-15)13-16-18-8-10-19(16)9-4-2/h5-6,8,10-11,14,17H,3-4,7,9,12-13H2,1-2H3. The van der Waals surface area contributed by atoms with Crippen LogP contribution in [0.2, 0.25) is 0 Å². The largest absolute Gasteiger partial charge is 0.335 e. The van der Waals surface area contributed by atoms with E-state index in [1.54, 1.807) is 0 Å². The van der Waals surface area contributed by atoms with Crippen LogP contribution >= 0.6 is 11.3 Å². The van der Waals surface area contributed by atoms with Crippen LogP contribution in [0.15, 0.2) is 29.9 Å². The summed E-state index contributed by atoms with van der Waals surface area (Å²) >= 11 is 1.84. The Bertz CT molecular complexity index is 476. The van der Waals surface area contributed by atoms with Gasteiger partial charge in [0, 0.05) is 36.3 Å². The minimum absolute atomic E-state index is 0.478. The number of hydrogen-bond donors (Lipinski definition) is 1. The van der Waals surface area contributed by atoms with Gasteiger partial charge in [-0.2, -0.15) is 0 Å². The fraction of sp³-hybridized carbons (Fsp3) is 0.562. The van der Waals surface area contributed by atoms with Crippen LogP contribution in [0.25, 0.3) is 0 Å². The number of imidazole rings is 1. The average Bonchev–Trinajstić information content (AvgIpc) is 3.09. The molecule has 2 aromatic rings. The Morgan fingerprint density at radius 3 is 2.90 bits per heavy atom. The zero-order valence-corrected chi connectivity index (χ0v) is 13.3. The van der Waals surface area contributed by atoms with Crippen molar-refractivity contribution in [1.82, 2.24) is 14.9 Å². The van der Waals surface area contributed by atoms with Gasteiger partial charge in [0.1, 0.15) is 5.82 Å². The second kappa shape index (κ2) is 8.22. The Kier molecular flexibility index (Phi) is 6.27. The maximum absolute atomic E-state index is 4.54. The molecule has 3 nitrogen and oxygen atoms in total. The third kappa shape index (κ3) is 4.46. The second-order valence-electron chi connectivity index (χ2n) is 5.18. The summed E-state index contributed by atoms with van der Waals surface area (Å²) in [7, 11) is 0. The summed E-state index contributed by atoms with van der Waals surface area (Å²) in [5.74, 6) is 1.21. The Labute approximate surface area is 126 Å². The zero-order valence-electron chi connectivity index (χ0n) is 12.5. The zero-order chi connectivity index (χ0) is 14.2. The Morgan fingerprint density at radius 1 is 1.30 bits per heavy atom. The highest BCUT2D eigenvalue weighted by molar-refractivity contribution is 7.09. The number of aromatic nitrogens is 2. The lowest BCUT2D eigenvalue weighted by atomic mass is 10.1. The lowest BCUT2D eigenvalue weighted by Gasteiger charge is -2.18. The Balaban J connectivity index is 2.00. The molecule has 1 N–H and O–H groups in total. The Hall–Kier alpha value is -1.13. The summed E-state index contributed by atoms with van der Waals surface area (Å²) in [6.45, 7) is 6.56. The molecular weight excluding hydrogens is 266 g/mol. The number of nitrogens with zero attached hydrogens (tertiary/aromatic N) is 2. The second-order valence-corrected chi connectivity index (χ2v) is 6.21. The SMILES string of the molecule is CCCNC(Cc1cccs1)Cc1nccn1CCC. The maximum atomic E-state index is 4.54. The fourth-order valence-corrected chi connectivity index (χ4v) is 3.22. The predicted molar refractivity (Wildman–Crippen MR) is 86.3 cm³/mol. The van der Waals surface area contributed by atoms with Gasteiger partial charge in [-0.25, -0.2) is 4.98 Å². The molecule has 2 heterocycles. The van der Waals surface area contributed by atoms with Crippen molar-refractivity contribution in [3.05, 3.63) is 40.6 Å². The summed E-state index contributed by atoms with van der Waals surface area (Å²) in [6, 6.07) is 4.84. The van der Waals surface area contributed by atoms with E-state index in [9.17, 15) is 0 Å². The van der Waals surface area contributed by atoms with E-state index in [4.69, 9.17) is 0 Å². The van der Waals surface area contributed by atoms with Crippen molar-refractivity contribution in [1.29, 1.82) is 0 Å². The predicted octanol–water partition coefficient (Wildman–Crippen LogP) is 3.51. The van der Waals surface area contributed by atoms with Gasteiger partial charge in [0.05, 0.1) is 0 Å². The summed E-state index contributed by atoms with van der Waals surface area (Å²) < 4.78 is 2.29. The van der Waals surface area contributed by atoms with Crippen molar-refractivity contribution in [2.75, 3.05) is 6.54 Å². The number of nitrogens with one attached hydrogen (secondary N) is 1. The van der Waals surface area contributed by atoms with Crippen molar-refractivity contribution in [2.45, 2.75) is 52.1 Å². The van der Waals surface area contributed by atoms with E-state index >= 15 is 0 Å². The van der Waals surface area contributed by atoms with Crippen molar-refractivity contribution in [3.8, 4) is 0 Å². The molecule has 0 radical (unpaired) electrons. The van der Waals surface area contributed by atoms with Crippen LogP contribution in [0.5, 0.6) is 0 Å². The molecule has 0 bridgehead atoms. The van der Waals surface area contributed by atoms with Gasteiger partial charge in [-0.3, -0.25) is 0 Å². The normalized spacial score (nSPS) is 12.7. The first-order valence-corrected chi connectivity index (χ1v) is 8.47. The molecule has 110 valence electrons. The quantitative estimate of drug-likeness (QED) is 0.766. The molecule has 0 aliphatic carbocycles. The molecule has 1 unspecified atom stereocenters. The van der Waals surface area contributed by atoms with Crippen LogP contribution in [0.1, 0.15) is 37.4 Å². The molecule has 1 atom stereocenters. The summed E-state index contributed by atoms with van der Waals surface area (Å²) in [5.41, 5.74) is 0. The lowest BCUT2D eigenvalue weighted by Crippen LogP contribution is -2.34. The van der Waals surface area contributed by atoms with Crippen LogP contribution in [0, 0.1) is 0 Å². The number of rotatable bonds is 9. The molecule has 0 aromatic carbocycles. The van der Waals surface area contributed by atoms with Gasteiger partial charge in [0.25, 0.3) is 0 Å². The van der Waals surface area contributed by atoms with Gasteiger partial charge in [-0.05, 0) is 37.3 Å². The lowest BCUT2D eigenvalue weighted by molar-refractivity contribution is 0.484. The molecule has 0 spiro atoms. The van der Waals surface area contributed by atoms with Gasteiger partial charge in [0.15, 0.2) is 0 Å². The van der Waals surface area contributed by atoms with Crippen molar-refractivity contribution in [3.63, 3.8) is 0 Å². The number of thiophene rings is 1. The van der Waals surface area contributed by atoms with Crippen LogP contribution in [0.3, 0.4) is 0 Å². The fourth-order valence-electron chi connectivity index (χ4n) is 2.43. The molecule has 0 amide bonds. The third-order valence-electron chi connectivity index (χ3n) is 3.41. The van der Waals surface area contributed by atoms with E-state index in [1.807, 2.05) is 17.5 Å². The van der Waals surface area contributed by atoms with E-state index in [2.05, 4.69) is 52.4 Å². The minimum Gasteiger partial charge on any atom is -0.335 e. The minimum atomic E-state index is 0.478. The van der Waals surface area contributed by atoms with E-state index in [0.717, 1.165) is 32.4 Å². The molecule has 0 aliphatic heterocycles. The molecule has 0 saturated carbocycles. The van der Waals surface area contributed by atoms with Crippen molar-refractivity contribution < 1.29 is 0 Å². The highest BCUT2D eigenvalue weighted by Crippen LogP contribution is 2.14. The van der Waals surface area contributed by atoms with Crippen LogP contribution in [-0.4, -0.2) is 22.1 Å². The Morgan fingerprint density at radius 2 is 2.20 bits per heavy atom. The van der Waals surface area contributed by atoms with Gasteiger partial charge in [-0.1, -0.05) is 19.9 Å². The molecular formula is C16H25N3S. The third-order valence-corrected chi connectivity index (χ3v) is 4.30. The van der Waals surface area contributed by atoms with E-state index < -0.39 is 0 Å². The summed E-state index contributed by atoms with van der Waals surface area (Å²) in [4.78, 5) is 5.99. The molecule has 4 heteroatoms. The molecule has 0 aliphatic rings. The van der Waals surface area contributed by atoms with Gasteiger partial charge >= 0.3 is 0 Å². The van der Waals surface area contributed by atoms with Crippen LogP contribution in [0.4, 0.5) is 0 Å². The monoisotopic (exact) mass is 291 g/mol. The topological polar surface area (TPSA) is 29.9 Å². The van der Waals surface area contributed by atoms with E-state index in [0.29, 0.717) is 6.04 Å². The first kappa shape index (κ1) is 15.3. The maximum Gasteiger partial charge on any atom is 0.110 e. The number of aryl methyl sites for hydroxylation is 1. The average molecular weight is 291 g/mol. The van der Waals surface area contributed by atoms with Gasteiger partial charge in [-0.15, -0.1) is 11.3 Å². The molecule has 2 rings (SSSR count). The number of hydrogen-bond acceptors (Lipinski definition) is 3. The first-order valence-electron chi connectivity index (χ1n) is 7.59. The summed E-state index contributed by atoms with van der Waals surface area (Å²) in [6.07, 6.45) is 8.45. The smallest absolute Gasteiger partial charge is 0.110 e. The van der Waals surface area contributed by atoms with Gasteiger partial charge in [0.2, 0.25) is 0 Å². The van der Waals surface area contributed by atoms with Crippen LogP contribution < -0.4 is 5.32 Å². The van der Waals surface area contributed by atoms with Crippen molar-refractivity contribution >= 4 is 11.3 Å². The highest BCUT2D eigenvalue weighted by atomic mass is 32.1. The first-order chi connectivity index (χ1) is 9.83. The van der Waals surface area contributed by atoms with Crippen LogP contribution in [-0.2, 0) is 19.4 Å². The molecule has 2 aromatic heterocycles. The van der Waals surface area contributed by atoms with E-state index in [1.165, 1.54) is 17.1 Å². The molecule has 0 fully saturated rings. The summed E-state index contributed by atoms with van der Waals surface area (Å²) in [5, 5.41) is 5.83.